The van der Waals surface area contributed by atoms with Gasteiger partial charge in [0.05, 0.1) is 11.6 Å². The van der Waals surface area contributed by atoms with Crippen LogP contribution in [0.3, 0.4) is 0 Å². The van der Waals surface area contributed by atoms with Crippen molar-refractivity contribution in [3.05, 3.63) is 22.7 Å². The summed E-state index contributed by atoms with van der Waals surface area (Å²) in [6.07, 6.45) is 4.12. The maximum Gasteiger partial charge on any atom is 0.263 e. The lowest BCUT2D eigenvalue weighted by Gasteiger charge is -2.24. The van der Waals surface area contributed by atoms with Crippen molar-refractivity contribution in [2.24, 2.45) is 0 Å². The van der Waals surface area contributed by atoms with E-state index in [0.717, 1.165) is 36.2 Å². The van der Waals surface area contributed by atoms with Crippen LogP contribution in [0.25, 0.3) is 0 Å². The Labute approximate surface area is 134 Å². The fourth-order valence-corrected chi connectivity index (χ4v) is 2.94. The van der Waals surface area contributed by atoms with E-state index in [9.17, 15) is 4.79 Å². The normalized spacial score (nSPS) is 17.0. The summed E-state index contributed by atoms with van der Waals surface area (Å²) < 4.78 is 11.7. The molecule has 21 heavy (non-hydrogen) atoms. The first-order chi connectivity index (χ1) is 10.1. The summed E-state index contributed by atoms with van der Waals surface area (Å²) in [7, 11) is 1.62. The summed E-state index contributed by atoms with van der Waals surface area (Å²) in [5, 5.41) is 0. The summed E-state index contributed by atoms with van der Waals surface area (Å²) in [6, 6.07) is 5.47. The van der Waals surface area contributed by atoms with E-state index in [1.807, 2.05) is 30.0 Å². The molecule has 116 valence electrons. The van der Waals surface area contributed by atoms with Gasteiger partial charge in [-0.3, -0.25) is 4.79 Å². The average Bonchev–Trinajstić information content (AvgIpc) is 2.77. The van der Waals surface area contributed by atoms with Crippen LogP contribution in [0.5, 0.6) is 11.5 Å². The number of hydrogen-bond acceptors (Lipinski definition) is 3. The molecule has 0 spiro atoms. The van der Waals surface area contributed by atoms with Gasteiger partial charge < -0.3 is 14.4 Å². The Morgan fingerprint density at radius 2 is 1.90 bits per heavy atom. The number of benzene rings is 1. The lowest BCUT2D eigenvalue weighted by atomic mass is 10.2. The second-order valence-corrected chi connectivity index (χ2v) is 6.15. The monoisotopic (exact) mass is 355 g/mol. The SMILES string of the molecule is COc1ccc(OC(C)C(=O)N2CCCCCC2)c(Br)c1. The van der Waals surface area contributed by atoms with Crippen LogP contribution in [-0.2, 0) is 4.79 Å². The molecule has 1 amide bonds. The van der Waals surface area contributed by atoms with E-state index in [1.54, 1.807) is 7.11 Å². The Morgan fingerprint density at radius 1 is 1.24 bits per heavy atom. The van der Waals surface area contributed by atoms with Gasteiger partial charge in [-0.15, -0.1) is 0 Å². The van der Waals surface area contributed by atoms with Gasteiger partial charge in [-0.1, -0.05) is 12.8 Å². The Kier molecular flexibility index (Phi) is 5.91. The first-order valence-electron chi connectivity index (χ1n) is 7.41. The summed E-state index contributed by atoms with van der Waals surface area (Å²) in [5.41, 5.74) is 0. The van der Waals surface area contributed by atoms with Crippen LogP contribution in [0.15, 0.2) is 22.7 Å². The zero-order valence-electron chi connectivity index (χ0n) is 12.6. The fourth-order valence-electron chi connectivity index (χ4n) is 2.49. The van der Waals surface area contributed by atoms with Crippen LogP contribution in [-0.4, -0.2) is 37.1 Å². The van der Waals surface area contributed by atoms with Crippen LogP contribution in [0.4, 0.5) is 0 Å². The van der Waals surface area contributed by atoms with E-state index in [4.69, 9.17) is 9.47 Å². The Hall–Kier alpha value is -1.23. The summed E-state index contributed by atoms with van der Waals surface area (Å²) in [5.74, 6) is 1.48. The largest absolute Gasteiger partial charge is 0.497 e. The standard InChI is InChI=1S/C16H22BrNO3/c1-12(16(19)18-9-5-3-4-6-10-18)21-15-8-7-13(20-2)11-14(15)17/h7-8,11-12H,3-6,9-10H2,1-2H3. The van der Waals surface area contributed by atoms with Crippen molar-refractivity contribution in [3.8, 4) is 11.5 Å². The van der Waals surface area contributed by atoms with Gasteiger partial charge in [0.2, 0.25) is 0 Å². The quantitative estimate of drug-likeness (QED) is 0.827. The van der Waals surface area contributed by atoms with Crippen LogP contribution in [0.2, 0.25) is 0 Å². The summed E-state index contributed by atoms with van der Waals surface area (Å²) in [4.78, 5) is 14.4. The van der Waals surface area contributed by atoms with Crippen molar-refractivity contribution < 1.29 is 14.3 Å². The van der Waals surface area contributed by atoms with Gasteiger partial charge in [0.25, 0.3) is 5.91 Å². The fraction of sp³-hybridized carbons (Fsp3) is 0.562. The molecule has 1 fully saturated rings. The molecule has 1 aliphatic rings. The first-order valence-corrected chi connectivity index (χ1v) is 8.20. The van der Waals surface area contributed by atoms with Gasteiger partial charge in [-0.25, -0.2) is 0 Å². The third-order valence-electron chi connectivity index (χ3n) is 3.71. The number of hydrogen-bond donors (Lipinski definition) is 0. The number of nitrogens with zero attached hydrogens (tertiary/aromatic N) is 1. The van der Waals surface area contributed by atoms with Crippen molar-refractivity contribution in [2.45, 2.75) is 38.7 Å². The molecule has 0 aliphatic carbocycles. The van der Waals surface area contributed by atoms with E-state index >= 15 is 0 Å². The molecule has 1 unspecified atom stereocenters. The summed E-state index contributed by atoms with van der Waals surface area (Å²) in [6.45, 7) is 3.50. The molecule has 0 N–H and O–H groups in total. The molecule has 0 saturated carbocycles. The van der Waals surface area contributed by atoms with Gasteiger partial charge in [-0.2, -0.15) is 0 Å². The van der Waals surface area contributed by atoms with Crippen molar-refractivity contribution >= 4 is 21.8 Å². The van der Waals surface area contributed by atoms with E-state index in [1.165, 1.54) is 12.8 Å². The van der Waals surface area contributed by atoms with E-state index in [0.29, 0.717) is 5.75 Å². The van der Waals surface area contributed by atoms with Crippen LogP contribution >= 0.6 is 15.9 Å². The van der Waals surface area contributed by atoms with Gasteiger partial charge >= 0.3 is 0 Å². The molecular formula is C16H22BrNO3. The van der Waals surface area contributed by atoms with Crippen LogP contribution < -0.4 is 9.47 Å². The molecule has 0 radical (unpaired) electrons. The molecular weight excluding hydrogens is 334 g/mol. The second kappa shape index (κ2) is 7.69. The van der Waals surface area contributed by atoms with Crippen molar-refractivity contribution in [2.75, 3.05) is 20.2 Å². The number of halogens is 1. The van der Waals surface area contributed by atoms with Crippen molar-refractivity contribution in [3.63, 3.8) is 0 Å². The van der Waals surface area contributed by atoms with Gasteiger partial charge in [0.15, 0.2) is 6.10 Å². The van der Waals surface area contributed by atoms with E-state index in [-0.39, 0.29) is 5.91 Å². The predicted molar refractivity (Wildman–Crippen MR) is 85.8 cm³/mol. The molecule has 1 atom stereocenters. The topological polar surface area (TPSA) is 38.8 Å². The molecule has 4 nitrogen and oxygen atoms in total. The van der Waals surface area contributed by atoms with Gasteiger partial charge in [-0.05, 0) is 53.9 Å². The van der Waals surface area contributed by atoms with Gasteiger partial charge in [0.1, 0.15) is 11.5 Å². The third kappa shape index (κ3) is 4.37. The second-order valence-electron chi connectivity index (χ2n) is 5.30. The van der Waals surface area contributed by atoms with Crippen LogP contribution in [0.1, 0.15) is 32.6 Å². The number of methoxy groups -OCH3 is 1. The predicted octanol–water partition coefficient (Wildman–Crippen LogP) is 3.63. The lowest BCUT2D eigenvalue weighted by molar-refractivity contribution is -0.137. The zero-order valence-corrected chi connectivity index (χ0v) is 14.2. The highest BCUT2D eigenvalue weighted by Gasteiger charge is 2.23. The smallest absolute Gasteiger partial charge is 0.263 e. The number of rotatable bonds is 4. The van der Waals surface area contributed by atoms with E-state index < -0.39 is 6.10 Å². The zero-order chi connectivity index (χ0) is 15.2. The number of amides is 1. The maximum atomic E-state index is 12.5. The highest BCUT2D eigenvalue weighted by molar-refractivity contribution is 9.10. The number of carbonyl (C=O) groups excluding carboxylic acids is 1. The average molecular weight is 356 g/mol. The molecule has 1 aromatic rings. The Bertz CT molecular complexity index is 484. The highest BCUT2D eigenvalue weighted by atomic mass is 79.9. The minimum atomic E-state index is -0.479. The Morgan fingerprint density at radius 3 is 2.48 bits per heavy atom. The first kappa shape index (κ1) is 16.1. The Balaban J connectivity index is 1.99. The molecule has 1 aliphatic heterocycles. The van der Waals surface area contributed by atoms with Crippen molar-refractivity contribution in [1.29, 1.82) is 0 Å². The molecule has 2 rings (SSSR count). The molecule has 0 bridgehead atoms. The van der Waals surface area contributed by atoms with Crippen LogP contribution in [0, 0.1) is 0 Å². The minimum Gasteiger partial charge on any atom is -0.497 e. The molecule has 0 aromatic heterocycles. The molecule has 1 aromatic carbocycles. The number of ether oxygens (including phenoxy) is 2. The summed E-state index contributed by atoms with van der Waals surface area (Å²) >= 11 is 3.44. The molecule has 5 heteroatoms. The lowest BCUT2D eigenvalue weighted by Crippen LogP contribution is -2.41. The minimum absolute atomic E-state index is 0.0691. The van der Waals surface area contributed by atoms with E-state index in [2.05, 4.69) is 15.9 Å². The third-order valence-corrected chi connectivity index (χ3v) is 4.33. The number of carbonyl (C=O) groups is 1. The maximum absolute atomic E-state index is 12.5. The highest BCUT2D eigenvalue weighted by Crippen LogP contribution is 2.30. The molecule has 1 heterocycles. The van der Waals surface area contributed by atoms with Gasteiger partial charge in [0, 0.05) is 13.1 Å². The number of likely N-dealkylation sites (tertiary alicyclic amines) is 1. The molecule has 1 saturated heterocycles. The van der Waals surface area contributed by atoms with Crippen molar-refractivity contribution in [1.82, 2.24) is 4.90 Å².